The van der Waals surface area contributed by atoms with E-state index in [1.54, 1.807) is 13.3 Å². The van der Waals surface area contributed by atoms with E-state index in [0.717, 1.165) is 12.1 Å². The van der Waals surface area contributed by atoms with Crippen LogP contribution in [0.25, 0.3) is 0 Å². The lowest BCUT2D eigenvalue weighted by molar-refractivity contribution is 0.230. The second-order valence-electron chi connectivity index (χ2n) is 4.31. The van der Waals surface area contributed by atoms with E-state index in [1.807, 2.05) is 39.0 Å². The van der Waals surface area contributed by atoms with Gasteiger partial charge in [0.2, 0.25) is 0 Å². The Morgan fingerprint density at radius 2 is 2.15 bits per heavy atom. The fourth-order valence-electron chi connectivity index (χ4n) is 1.49. The minimum atomic E-state index is 0.0792. The van der Waals surface area contributed by atoms with Crippen LogP contribution in [0.5, 0.6) is 11.5 Å². The molecule has 0 atom stereocenters. The van der Waals surface area contributed by atoms with Crippen LogP contribution in [0.4, 0.5) is 0 Å². The quantitative estimate of drug-likeness (QED) is 0.479. The number of methoxy groups -OCH3 is 1. The second kappa shape index (κ2) is 8.37. The molecule has 0 aliphatic carbocycles. The predicted octanol–water partition coefficient (Wildman–Crippen LogP) is 2.30. The molecule has 0 fully saturated rings. The van der Waals surface area contributed by atoms with E-state index in [4.69, 9.17) is 21.7 Å². The van der Waals surface area contributed by atoms with Crippen molar-refractivity contribution in [3.8, 4) is 11.5 Å². The highest BCUT2D eigenvalue weighted by Crippen LogP contribution is 2.28. The lowest BCUT2D eigenvalue weighted by atomic mass is 10.2. The van der Waals surface area contributed by atoms with Crippen molar-refractivity contribution in [3.63, 3.8) is 0 Å². The largest absolute Gasteiger partial charge is 0.493 e. The first-order valence-corrected chi connectivity index (χ1v) is 6.89. The summed E-state index contributed by atoms with van der Waals surface area (Å²) in [6.45, 7) is 6.67. The summed E-state index contributed by atoms with van der Waals surface area (Å²) in [4.78, 5) is 0. The second-order valence-corrected chi connectivity index (χ2v) is 4.71. The first-order valence-electron chi connectivity index (χ1n) is 6.48. The van der Waals surface area contributed by atoms with Crippen LogP contribution < -0.4 is 20.2 Å². The number of hydrazone groups is 1. The SMILES string of the molecule is CCNC(=S)N/N=C/c1ccc(OC)c(OC(C)C)c1. The molecule has 1 aromatic carbocycles. The normalized spacial score (nSPS) is 10.7. The van der Waals surface area contributed by atoms with Crippen LogP contribution >= 0.6 is 12.2 Å². The Morgan fingerprint density at radius 1 is 1.40 bits per heavy atom. The third-order valence-corrected chi connectivity index (χ3v) is 2.50. The molecular formula is C14H21N3O2S. The molecule has 0 saturated carbocycles. The molecule has 0 amide bonds. The molecule has 1 rings (SSSR count). The molecule has 0 saturated heterocycles. The Bertz CT molecular complexity index is 475. The van der Waals surface area contributed by atoms with Crippen molar-refractivity contribution in [2.24, 2.45) is 5.10 Å². The summed E-state index contributed by atoms with van der Waals surface area (Å²) < 4.78 is 11.0. The maximum atomic E-state index is 5.70. The number of hydrogen-bond acceptors (Lipinski definition) is 4. The van der Waals surface area contributed by atoms with E-state index in [-0.39, 0.29) is 6.10 Å². The summed E-state index contributed by atoms with van der Waals surface area (Å²) in [5.41, 5.74) is 3.64. The number of nitrogens with one attached hydrogen (secondary N) is 2. The molecule has 6 heteroatoms. The van der Waals surface area contributed by atoms with Gasteiger partial charge in [-0.15, -0.1) is 0 Å². The van der Waals surface area contributed by atoms with Gasteiger partial charge >= 0.3 is 0 Å². The van der Waals surface area contributed by atoms with E-state index in [9.17, 15) is 0 Å². The van der Waals surface area contributed by atoms with Crippen LogP contribution in [0.3, 0.4) is 0 Å². The predicted molar refractivity (Wildman–Crippen MR) is 85.8 cm³/mol. The maximum Gasteiger partial charge on any atom is 0.186 e. The van der Waals surface area contributed by atoms with Crippen molar-refractivity contribution < 1.29 is 9.47 Å². The van der Waals surface area contributed by atoms with Gasteiger partial charge in [-0.1, -0.05) is 0 Å². The summed E-state index contributed by atoms with van der Waals surface area (Å²) in [5, 5.41) is 7.51. The Labute approximate surface area is 125 Å². The fourth-order valence-corrected chi connectivity index (χ4v) is 1.68. The number of rotatable bonds is 6. The Balaban J connectivity index is 2.75. The first-order chi connectivity index (χ1) is 9.56. The number of ether oxygens (including phenoxy) is 2. The molecule has 0 radical (unpaired) electrons. The van der Waals surface area contributed by atoms with Gasteiger partial charge in [0, 0.05) is 6.54 Å². The lowest BCUT2D eigenvalue weighted by Crippen LogP contribution is -2.31. The molecule has 0 bridgehead atoms. The molecule has 1 aromatic rings. The molecule has 0 spiro atoms. The first kappa shape index (κ1) is 16.2. The summed E-state index contributed by atoms with van der Waals surface area (Å²) in [5.74, 6) is 1.40. The van der Waals surface area contributed by atoms with Gasteiger partial charge in [0.15, 0.2) is 16.6 Å². The number of nitrogens with zero attached hydrogens (tertiary/aromatic N) is 1. The van der Waals surface area contributed by atoms with E-state index in [0.29, 0.717) is 16.6 Å². The van der Waals surface area contributed by atoms with Gasteiger partial charge in [0.1, 0.15) is 0 Å². The van der Waals surface area contributed by atoms with Crippen LogP contribution in [-0.4, -0.2) is 31.1 Å². The summed E-state index contributed by atoms with van der Waals surface area (Å²) >= 11 is 5.01. The monoisotopic (exact) mass is 295 g/mol. The Hall–Kier alpha value is -1.82. The van der Waals surface area contributed by atoms with Gasteiger partial charge in [0.25, 0.3) is 0 Å². The van der Waals surface area contributed by atoms with Gasteiger partial charge in [-0.2, -0.15) is 5.10 Å². The molecular weight excluding hydrogens is 274 g/mol. The third-order valence-electron chi connectivity index (χ3n) is 2.27. The van der Waals surface area contributed by atoms with Crippen LogP contribution in [0.15, 0.2) is 23.3 Å². The van der Waals surface area contributed by atoms with Crippen molar-refractivity contribution in [1.29, 1.82) is 0 Å². The van der Waals surface area contributed by atoms with Crippen molar-refractivity contribution >= 4 is 23.5 Å². The molecule has 20 heavy (non-hydrogen) atoms. The van der Waals surface area contributed by atoms with Crippen molar-refractivity contribution in [2.75, 3.05) is 13.7 Å². The smallest absolute Gasteiger partial charge is 0.186 e. The number of benzene rings is 1. The molecule has 2 N–H and O–H groups in total. The molecule has 0 unspecified atom stereocenters. The highest BCUT2D eigenvalue weighted by atomic mass is 32.1. The molecule has 0 aliphatic rings. The summed E-state index contributed by atoms with van der Waals surface area (Å²) in [7, 11) is 1.62. The minimum absolute atomic E-state index is 0.0792. The molecule has 5 nitrogen and oxygen atoms in total. The molecule has 110 valence electrons. The zero-order chi connectivity index (χ0) is 15.0. The van der Waals surface area contributed by atoms with Crippen LogP contribution in [0.2, 0.25) is 0 Å². The van der Waals surface area contributed by atoms with Gasteiger partial charge < -0.3 is 14.8 Å². The molecule has 0 heterocycles. The summed E-state index contributed by atoms with van der Waals surface area (Å²) in [6, 6.07) is 5.62. The third kappa shape index (κ3) is 5.44. The fraction of sp³-hybridized carbons (Fsp3) is 0.429. The molecule has 0 aromatic heterocycles. The van der Waals surface area contributed by atoms with Crippen molar-refractivity contribution in [1.82, 2.24) is 10.7 Å². The van der Waals surface area contributed by atoms with Crippen LogP contribution in [0.1, 0.15) is 26.3 Å². The highest BCUT2D eigenvalue weighted by Gasteiger charge is 2.06. The van der Waals surface area contributed by atoms with Gasteiger partial charge in [0.05, 0.1) is 19.4 Å². The Kier molecular flexibility index (Phi) is 6.79. The van der Waals surface area contributed by atoms with Crippen molar-refractivity contribution in [2.45, 2.75) is 26.9 Å². The summed E-state index contributed by atoms with van der Waals surface area (Å²) in [6.07, 6.45) is 1.76. The van der Waals surface area contributed by atoms with E-state index in [2.05, 4.69) is 15.8 Å². The topological polar surface area (TPSA) is 54.9 Å². The van der Waals surface area contributed by atoms with Gasteiger partial charge in [-0.05, 0) is 56.8 Å². The average Bonchev–Trinajstić information content (AvgIpc) is 2.38. The van der Waals surface area contributed by atoms with Crippen molar-refractivity contribution in [3.05, 3.63) is 23.8 Å². The highest BCUT2D eigenvalue weighted by molar-refractivity contribution is 7.80. The standard InChI is InChI=1S/C14H21N3O2S/c1-5-15-14(20)17-16-9-11-6-7-12(18-4)13(8-11)19-10(2)3/h6-10H,5H2,1-4H3,(H2,15,17,20)/b16-9+. The maximum absolute atomic E-state index is 5.70. The van der Waals surface area contributed by atoms with E-state index < -0.39 is 0 Å². The number of hydrogen-bond donors (Lipinski definition) is 2. The Morgan fingerprint density at radius 3 is 2.75 bits per heavy atom. The van der Waals surface area contributed by atoms with Crippen LogP contribution in [-0.2, 0) is 0 Å². The van der Waals surface area contributed by atoms with Gasteiger partial charge in [-0.3, -0.25) is 5.43 Å². The lowest BCUT2D eigenvalue weighted by Gasteiger charge is -2.13. The number of thiocarbonyl (C=S) groups is 1. The van der Waals surface area contributed by atoms with Crippen LogP contribution in [0, 0.1) is 0 Å². The van der Waals surface area contributed by atoms with E-state index in [1.165, 1.54) is 0 Å². The average molecular weight is 295 g/mol. The zero-order valence-corrected chi connectivity index (χ0v) is 13.1. The minimum Gasteiger partial charge on any atom is -0.493 e. The van der Waals surface area contributed by atoms with Gasteiger partial charge in [-0.25, -0.2) is 0 Å². The van der Waals surface area contributed by atoms with E-state index >= 15 is 0 Å². The zero-order valence-electron chi connectivity index (χ0n) is 12.3. The molecule has 0 aliphatic heterocycles.